The second-order valence-electron chi connectivity index (χ2n) is 7.28. The highest BCUT2D eigenvalue weighted by Crippen LogP contribution is 2.41. The van der Waals surface area contributed by atoms with Gasteiger partial charge in [0.25, 0.3) is 5.91 Å². The molecule has 0 spiro atoms. The molecule has 0 saturated carbocycles. The fraction of sp³-hybridized carbons (Fsp3) is 0.0833. The molecule has 30 heavy (non-hydrogen) atoms. The normalized spacial score (nSPS) is 15.6. The molecule has 0 fully saturated rings. The Kier molecular flexibility index (Phi) is 4.33. The van der Waals surface area contributed by atoms with E-state index in [1.54, 1.807) is 18.2 Å². The average molecular weight is 464 g/mol. The van der Waals surface area contributed by atoms with Crippen molar-refractivity contribution in [3.63, 3.8) is 0 Å². The van der Waals surface area contributed by atoms with E-state index in [1.807, 2.05) is 31.2 Å². The fourth-order valence-corrected chi connectivity index (χ4v) is 4.24. The molecule has 0 aliphatic carbocycles. The van der Waals surface area contributed by atoms with Gasteiger partial charge in [0.2, 0.25) is 5.76 Å². The molecule has 5 rings (SSSR count). The lowest BCUT2D eigenvalue weighted by atomic mass is 9.97. The summed E-state index contributed by atoms with van der Waals surface area (Å²) in [5, 5.41) is 0.397. The predicted octanol–water partition coefficient (Wildman–Crippen LogP) is 5.75. The molecule has 1 unspecified atom stereocenters. The van der Waals surface area contributed by atoms with Crippen molar-refractivity contribution in [2.75, 3.05) is 4.90 Å². The van der Waals surface area contributed by atoms with Crippen LogP contribution in [-0.2, 0) is 0 Å². The second kappa shape index (κ2) is 6.92. The molecule has 1 aliphatic heterocycles. The number of halogens is 2. The summed E-state index contributed by atoms with van der Waals surface area (Å²) in [7, 11) is 0. The zero-order valence-corrected chi connectivity index (χ0v) is 17.4. The Morgan fingerprint density at radius 3 is 2.37 bits per heavy atom. The molecule has 1 aromatic heterocycles. The zero-order chi connectivity index (χ0) is 21.0. The summed E-state index contributed by atoms with van der Waals surface area (Å²) in [6, 6.07) is 17.7. The number of benzene rings is 3. The average Bonchev–Trinajstić information content (AvgIpc) is 3.03. The van der Waals surface area contributed by atoms with Crippen LogP contribution in [0.2, 0.25) is 0 Å². The van der Waals surface area contributed by atoms with E-state index in [4.69, 9.17) is 4.42 Å². The van der Waals surface area contributed by atoms with Crippen LogP contribution in [0, 0.1) is 12.7 Å². The Balaban J connectivity index is 1.81. The smallest absolute Gasteiger partial charge is 0.295 e. The van der Waals surface area contributed by atoms with Gasteiger partial charge in [-0.05, 0) is 55.0 Å². The summed E-state index contributed by atoms with van der Waals surface area (Å²) >= 11 is 3.39. The van der Waals surface area contributed by atoms with Gasteiger partial charge in [-0.25, -0.2) is 4.39 Å². The van der Waals surface area contributed by atoms with Crippen LogP contribution in [0.15, 0.2) is 80.4 Å². The summed E-state index contributed by atoms with van der Waals surface area (Å²) in [6.45, 7) is 1.97. The molecule has 4 aromatic rings. The standard InChI is InChI=1S/C24H15BrFNO3/c1-13-2-4-14(5-3-13)21-20-22(28)18-12-15(25)6-11-19(18)30-23(20)24(29)27(21)17-9-7-16(26)8-10-17/h2-12,21H,1H3. The van der Waals surface area contributed by atoms with E-state index in [9.17, 15) is 14.0 Å². The lowest BCUT2D eigenvalue weighted by Gasteiger charge is -2.25. The van der Waals surface area contributed by atoms with Gasteiger partial charge in [-0.15, -0.1) is 0 Å². The number of hydrogen-bond donors (Lipinski definition) is 0. The molecule has 0 N–H and O–H groups in total. The predicted molar refractivity (Wildman–Crippen MR) is 116 cm³/mol. The molecule has 1 atom stereocenters. The largest absolute Gasteiger partial charge is 0.450 e. The third-order valence-electron chi connectivity index (χ3n) is 5.33. The van der Waals surface area contributed by atoms with Crippen molar-refractivity contribution >= 4 is 38.5 Å². The molecule has 6 heteroatoms. The van der Waals surface area contributed by atoms with Crippen LogP contribution in [0.3, 0.4) is 0 Å². The molecule has 0 saturated heterocycles. The topological polar surface area (TPSA) is 50.5 Å². The number of rotatable bonds is 2. The van der Waals surface area contributed by atoms with Crippen molar-refractivity contribution in [1.29, 1.82) is 0 Å². The van der Waals surface area contributed by atoms with Crippen LogP contribution in [0.25, 0.3) is 11.0 Å². The number of amides is 1. The summed E-state index contributed by atoms with van der Waals surface area (Å²) in [5.41, 5.74) is 2.71. The van der Waals surface area contributed by atoms with Gasteiger partial charge in [-0.3, -0.25) is 14.5 Å². The van der Waals surface area contributed by atoms with Gasteiger partial charge in [-0.2, -0.15) is 0 Å². The number of nitrogens with zero attached hydrogens (tertiary/aromatic N) is 1. The van der Waals surface area contributed by atoms with E-state index in [2.05, 4.69) is 15.9 Å². The molecule has 148 valence electrons. The van der Waals surface area contributed by atoms with Gasteiger partial charge >= 0.3 is 0 Å². The number of carbonyl (C=O) groups excluding carboxylic acids is 1. The maximum atomic E-state index is 13.5. The van der Waals surface area contributed by atoms with Crippen LogP contribution < -0.4 is 10.3 Å². The molecule has 1 amide bonds. The summed E-state index contributed by atoms with van der Waals surface area (Å²) in [6.07, 6.45) is 0. The van der Waals surface area contributed by atoms with Crippen molar-refractivity contribution in [2.24, 2.45) is 0 Å². The number of anilines is 1. The van der Waals surface area contributed by atoms with Gasteiger partial charge in [-0.1, -0.05) is 45.8 Å². The van der Waals surface area contributed by atoms with E-state index in [1.165, 1.54) is 29.2 Å². The van der Waals surface area contributed by atoms with E-state index < -0.39 is 17.8 Å². The number of aryl methyl sites for hydroxylation is 1. The molecule has 0 bridgehead atoms. The lowest BCUT2D eigenvalue weighted by molar-refractivity contribution is 0.0971. The minimum absolute atomic E-state index is 0.0183. The Morgan fingerprint density at radius 2 is 1.67 bits per heavy atom. The van der Waals surface area contributed by atoms with Gasteiger partial charge in [0.15, 0.2) is 5.43 Å². The summed E-state index contributed by atoms with van der Waals surface area (Å²) in [5.74, 6) is -0.812. The van der Waals surface area contributed by atoms with Crippen LogP contribution in [0.1, 0.15) is 33.3 Å². The van der Waals surface area contributed by atoms with Crippen molar-refractivity contribution < 1.29 is 13.6 Å². The summed E-state index contributed by atoms with van der Waals surface area (Å²) < 4.78 is 20.2. The van der Waals surface area contributed by atoms with E-state index >= 15 is 0 Å². The molecule has 2 heterocycles. The van der Waals surface area contributed by atoms with Crippen molar-refractivity contribution in [2.45, 2.75) is 13.0 Å². The summed E-state index contributed by atoms with van der Waals surface area (Å²) in [4.78, 5) is 28.4. The second-order valence-corrected chi connectivity index (χ2v) is 8.19. The minimum atomic E-state index is -0.668. The molecule has 3 aromatic carbocycles. The third kappa shape index (κ3) is 2.87. The molecular weight excluding hydrogens is 449 g/mol. The van der Waals surface area contributed by atoms with E-state index in [-0.39, 0.29) is 11.2 Å². The van der Waals surface area contributed by atoms with Gasteiger partial charge in [0.05, 0.1) is 17.0 Å². The third-order valence-corrected chi connectivity index (χ3v) is 5.82. The molecule has 1 aliphatic rings. The Morgan fingerprint density at radius 1 is 0.967 bits per heavy atom. The monoisotopic (exact) mass is 463 g/mol. The minimum Gasteiger partial charge on any atom is -0.450 e. The SMILES string of the molecule is Cc1ccc(C2c3c(oc4ccc(Br)cc4c3=O)C(=O)N2c2ccc(F)cc2)cc1. The first-order valence-corrected chi connectivity index (χ1v) is 10.2. The number of carbonyl (C=O) groups is 1. The number of hydrogen-bond acceptors (Lipinski definition) is 3. The maximum absolute atomic E-state index is 13.5. The van der Waals surface area contributed by atoms with Crippen molar-refractivity contribution in [3.05, 3.63) is 110 Å². The highest BCUT2D eigenvalue weighted by atomic mass is 79.9. The van der Waals surface area contributed by atoms with Gasteiger partial charge in [0.1, 0.15) is 11.4 Å². The Hall–Kier alpha value is -3.25. The van der Waals surface area contributed by atoms with Crippen LogP contribution in [-0.4, -0.2) is 5.91 Å². The quantitative estimate of drug-likeness (QED) is 0.380. The first kappa shape index (κ1) is 18.8. The first-order chi connectivity index (χ1) is 14.4. The highest BCUT2D eigenvalue weighted by molar-refractivity contribution is 9.10. The van der Waals surface area contributed by atoms with Crippen molar-refractivity contribution in [3.8, 4) is 0 Å². The Bertz CT molecular complexity index is 1360. The van der Waals surface area contributed by atoms with Gasteiger partial charge in [0, 0.05) is 10.2 Å². The van der Waals surface area contributed by atoms with Crippen LogP contribution >= 0.6 is 15.9 Å². The first-order valence-electron chi connectivity index (χ1n) is 9.36. The number of fused-ring (bicyclic) bond motifs is 2. The Labute approximate surface area is 179 Å². The molecular formula is C24H15BrFNO3. The van der Waals surface area contributed by atoms with Gasteiger partial charge < -0.3 is 4.42 Å². The molecule has 4 nitrogen and oxygen atoms in total. The zero-order valence-electron chi connectivity index (χ0n) is 15.9. The lowest BCUT2D eigenvalue weighted by Crippen LogP contribution is -2.29. The highest BCUT2D eigenvalue weighted by Gasteiger charge is 2.43. The van der Waals surface area contributed by atoms with Crippen LogP contribution in [0.4, 0.5) is 10.1 Å². The van der Waals surface area contributed by atoms with Crippen molar-refractivity contribution in [1.82, 2.24) is 0 Å². The van der Waals surface area contributed by atoms with Crippen LogP contribution in [0.5, 0.6) is 0 Å². The van der Waals surface area contributed by atoms with E-state index in [0.717, 1.165) is 15.6 Å². The van der Waals surface area contributed by atoms with E-state index in [0.29, 0.717) is 22.2 Å². The maximum Gasteiger partial charge on any atom is 0.295 e. The molecule has 0 radical (unpaired) electrons. The fourth-order valence-electron chi connectivity index (χ4n) is 3.88.